The maximum absolute atomic E-state index is 12.6. The van der Waals surface area contributed by atoms with E-state index in [0.717, 1.165) is 23.4 Å². The molecular weight excluding hydrogens is 330 g/mol. The largest absolute Gasteiger partial charge is 0.340 e. The summed E-state index contributed by atoms with van der Waals surface area (Å²) in [6, 6.07) is 13.4. The molecule has 2 amide bonds. The van der Waals surface area contributed by atoms with E-state index in [-0.39, 0.29) is 11.9 Å². The monoisotopic (exact) mass is 349 g/mol. The molecule has 1 aromatic carbocycles. The Morgan fingerprint density at radius 2 is 2.12 bits per heavy atom. The van der Waals surface area contributed by atoms with Gasteiger partial charge in [-0.25, -0.2) is 4.79 Å². The molecule has 1 aliphatic rings. The third-order valence-corrected chi connectivity index (χ3v) is 4.46. The molecule has 4 rings (SSSR count). The lowest BCUT2D eigenvalue weighted by Crippen LogP contribution is -2.32. The van der Waals surface area contributed by atoms with Crippen LogP contribution >= 0.6 is 0 Å². The second-order valence-electron chi connectivity index (χ2n) is 6.33. The summed E-state index contributed by atoms with van der Waals surface area (Å²) >= 11 is 0. The van der Waals surface area contributed by atoms with Crippen LogP contribution in [0.3, 0.4) is 0 Å². The zero-order valence-corrected chi connectivity index (χ0v) is 14.4. The van der Waals surface area contributed by atoms with Gasteiger partial charge in [0.15, 0.2) is 5.82 Å². The van der Waals surface area contributed by atoms with Gasteiger partial charge in [-0.1, -0.05) is 35.5 Å². The van der Waals surface area contributed by atoms with Crippen LogP contribution < -0.4 is 5.32 Å². The molecule has 0 radical (unpaired) electrons. The number of benzene rings is 1. The molecule has 1 fully saturated rings. The number of hydrogen-bond acceptors (Lipinski definition) is 5. The predicted octanol–water partition coefficient (Wildman–Crippen LogP) is 3.46. The summed E-state index contributed by atoms with van der Waals surface area (Å²) in [6.45, 7) is 3.02. The highest BCUT2D eigenvalue weighted by molar-refractivity contribution is 5.90. The molecule has 2 aromatic heterocycles. The number of amides is 2. The molecule has 1 atom stereocenters. The van der Waals surface area contributed by atoms with Gasteiger partial charge in [0.05, 0.1) is 5.69 Å². The lowest BCUT2D eigenvalue weighted by molar-refractivity contribution is 0.222. The van der Waals surface area contributed by atoms with E-state index in [1.54, 1.807) is 24.1 Å². The van der Waals surface area contributed by atoms with Crippen LogP contribution in [0.25, 0.3) is 11.3 Å². The van der Waals surface area contributed by atoms with Crippen molar-refractivity contribution < 1.29 is 9.32 Å². The number of likely N-dealkylation sites (tertiary alicyclic amines) is 1. The Morgan fingerprint density at radius 1 is 1.27 bits per heavy atom. The first-order valence-corrected chi connectivity index (χ1v) is 8.56. The lowest BCUT2D eigenvalue weighted by Gasteiger charge is -2.17. The fourth-order valence-corrected chi connectivity index (χ4v) is 3.11. The van der Waals surface area contributed by atoms with E-state index >= 15 is 0 Å². The molecule has 0 saturated carbocycles. The van der Waals surface area contributed by atoms with Crippen LogP contribution in [0.2, 0.25) is 0 Å². The smallest absolute Gasteiger partial charge is 0.321 e. The second-order valence-corrected chi connectivity index (χ2v) is 6.33. The molecule has 0 spiro atoms. The Kier molecular flexibility index (Phi) is 4.35. The van der Waals surface area contributed by atoms with E-state index < -0.39 is 0 Å². The van der Waals surface area contributed by atoms with E-state index in [1.165, 1.54) is 0 Å². The van der Waals surface area contributed by atoms with E-state index in [2.05, 4.69) is 20.4 Å². The molecule has 0 aliphatic carbocycles. The maximum atomic E-state index is 12.6. The van der Waals surface area contributed by atoms with Crippen LogP contribution in [0, 0.1) is 6.92 Å². The number of aromatic nitrogens is 3. The predicted molar refractivity (Wildman–Crippen MR) is 96.7 cm³/mol. The number of anilines is 1. The highest BCUT2D eigenvalue weighted by Crippen LogP contribution is 2.26. The van der Waals surface area contributed by atoms with E-state index in [4.69, 9.17) is 4.52 Å². The van der Waals surface area contributed by atoms with Crippen LogP contribution in [-0.4, -0.2) is 39.1 Å². The van der Waals surface area contributed by atoms with Crippen molar-refractivity contribution in [3.63, 3.8) is 0 Å². The summed E-state index contributed by atoms with van der Waals surface area (Å²) in [6.07, 6.45) is 2.53. The Hall–Kier alpha value is -3.22. The van der Waals surface area contributed by atoms with Crippen LogP contribution in [0.15, 0.2) is 53.2 Å². The molecule has 1 aliphatic heterocycles. The average molecular weight is 349 g/mol. The van der Waals surface area contributed by atoms with Gasteiger partial charge in [0.25, 0.3) is 0 Å². The summed E-state index contributed by atoms with van der Waals surface area (Å²) in [5, 5.41) is 6.92. The van der Waals surface area contributed by atoms with Crippen molar-refractivity contribution in [2.75, 3.05) is 18.4 Å². The number of urea groups is 1. The van der Waals surface area contributed by atoms with Crippen LogP contribution in [-0.2, 0) is 0 Å². The third kappa shape index (κ3) is 3.42. The summed E-state index contributed by atoms with van der Waals surface area (Å²) in [5.74, 6) is 1.34. The highest BCUT2D eigenvalue weighted by atomic mass is 16.5. The quantitative estimate of drug-likeness (QED) is 0.783. The molecule has 26 heavy (non-hydrogen) atoms. The van der Waals surface area contributed by atoms with Crippen molar-refractivity contribution in [2.45, 2.75) is 19.3 Å². The topological polar surface area (TPSA) is 84.2 Å². The summed E-state index contributed by atoms with van der Waals surface area (Å²) in [4.78, 5) is 23.0. The number of hydrogen-bond donors (Lipinski definition) is 1. The number of carbonyl (C=O) groups is 1. The molecule has 0 bridgehead atoms. The average Bonchev–Trinajstić information content (AvgIpc) is 3.32. The van der Waals surface area contributed by atoms with Gasteiger partial charge in [0, 0.05) is 43.4 Å². The van der Waals surface area contributed by atoms with Crippen molar-refractivity contribution in [2.24, 2.45) is 0 Å². The number of rotatable bonds is 3. The number of aryl methyl sites for hydroxylation is 1. The summed E-state index contributed by atoms with van der Waals surface area (Å²) < 4.78 is 5.04. The van der Waals surface area contributed by atoms with Gasteiger partial charge in [-0.2, -0.15) is 4.98 Å². The standard InChI is InChI=1S/C19H19N5O2/c1-13-21-18(23-26-13)15-8-10-24(12-15)19(25)22-16-7-9-20-17(11-16)14-5-3-2-4-6-14/h2-7,9,11,15H,8,10,12H2,1H3,(H,20,22,25). The Morgan fingerprint density at radius 3 is 2.88 bits per heavy atom. The normalized spacial score (nSPS) is 16.7. The summed E-state index contributed by atoms with van der Waals surface area (Å²) in [7, 11) is 0. The minimum atomic E-state index is -0.127. The number of pyridine rings is 1. The molecule has 7 nitrogen and oxygen atoms in total. The first-order chi connectivity index (χ1) is 12.7. The third-order valence-electron chi connectivity index (χ3n) is 4.46. The minimum Gasteiger partial charge on any atom is -0.340 e. The van der Waals surface area contributed by atoms with Gasteiger partial charge >= 0.3 is 6.03 Å². The van der Waals surface area contributed by atoms with Gasteiger partial charge in [-0.15, -0.1) is 0 Å². The van der Waals surface area contributed by atoms with Crippen molar-refractivity contribution in [3.05, 3.63) is 60.4 Å². The fraction of sp³-hybridized carbons (Fsp3) is 0.263. The molecule has 3 heterocycles. The van der Waals surface area contributed by atoms with E-state index in [1.807, 2.05) is 36.4 Å². The Bertz CT molecular complexity index is 909. The van der Waals surface area contributed by atoms with Crippen LogP contribution in [0.5, 0.6) is 0 Å². The SMILES string of the molecule is Cc1nc(C2CCN(C(=O)Nc3ccnc(-c4ccccc4)c3)C2)no1. The van der Waals surface area contributed by atoms with Gasteiger partial charge in [-0.3, -0.25) is 4.98 Å². The Labute approximate surface area is 151 Å². The van der Waals surface area contributed by atoms with Crippen LogP contribution in [0.4, 0.5) is 10.5 Å². The zero-order chi connectivity index (χ0) is 17.9. The van der Waals surface area contributed by atoms with Gasteiger partial charge in [-0.05, 0) is 18.6 Å². The van der Waals surface area contributed by atoms with Gasteiger partial charge < -0.3 is 14.7 Å². The van der Waals surface area contributed by atoms with Crippen molar-refractivity contribution in [1.82, 2.24) is 20.0 Å². The first kappa shape index (κ1) is 16.3. The molecule has 1 N–H and O–H groups in total. The zero-order valence-electron chi connectivity index (χ0n) is 14.4. The second kappa shape index (κ2) is 6.95. The number of nitrogens with one attached hydrogen (secondary N) is 1. The van der Waals surface area contributed by atoms with Gasteiger partial charge in [0.2, 0.25) is 5.89 Å². The molecule has 1 unspecified atom stereocenters. The number of carbonyl (C=O) groups excluding carboxylic acids is 1. The van der Waals surface area contributed by atoms with Crippen molar-refractivity contribution >= 4 is 11.7 Å². The van der Waals surface area contributed by atoms with E-state index in [9.17, 15) is 4.79 Å². The van der Waals surface area contributed by atoms with Gasteiger partial charge in [0.1, 0.15) is 0 Å². The minimum absolute atomic E-state index is 0.121. The molecule has 1 saturated heterocycles. The molecule has 132 valence electrons. The summed E-state index contributed by atoms with van der Waals surface area (Å²) in [5.41, 5.74) is 2.56. The molecular formula is C19H19N5O2. The highest BCUT2D eigenvalue weighted by Gasteiger charge is 2.30. The molecule has 7 heteroatoms. The Balaban J connectivity index is 1.42. The number of nitrogens with zero attached hydrogens (tertiary/aromatic N) is 4. The molecule has 3 aromatic rings. The van der Waals surface area contributed by atoms with Crippen LogP contribution in [0.1, 0.15) is 24.1 Å². The fourth-order valence-electron chi connectivity index (χ4n) is 3.11. The lowest BCUT2D eigenvalue weighted by atomic mass is 10.1. The van der Waals surface area contributed by atoms with E-state index in [0.29, 0.717) is 24.8 Å². The first-order valence-electron chi connectivity index (χ1n) is 8.56. The van der Waals surface area contributed by atoms with Crippen molar-refractivity contribution in [1.29, 1.82) is 0 Å². The van der Waals surface area contributed by atoms with Crippen molar-refractivity contribution in [3.8, 4) is 11.3 Å². The maximum Gasteiger partial charge on any atom is 0.321 e.